The summed E-state index contributed by atoms with van der Waals surface area (Å²) < 4.78 is 38.3. The van der Waals surface area contributed by atoms with E-state index in [-0.39, 0.29) is 12.6 Å². The van der Waals surface area contributed by atoms with Gasteiger partial charge in [0, 0.05) is 19.1 Å². The van der Waals surface area contributed by atoms with Gasteiger partial charge in [-0.1, -0.05) is 24.3 Å². The third kappa shape index (κ3) is 3.37. The van der Waals surface area contributed by atoms with Crippen molar-refractivity contribution in [2.75, 3.05) is 6.54 Å². The molecule has 21 heavy (non-hydrogen) atoms. The lowest BCUT2D eigenvalue weighted by Gasteiger charge is -2.30. The van der Waals surface area contributed by atoms with E-state index in [1.807, 2.05) is 24.3 Å². The molecule has 0 fully saturated rings. The van der Waals surface area contributed by atoms with Crippen molar-refractivity contribution in [3.63, 3.8) is 0 Å². The molecule has 0 spiro atoms. The molecule has 1 heterocycles. The predicted molar refractivity (Wildman–Crippen MR) is 73.6 cm³/mol. The number of hydrogen-bond acceptors (Lipinski definition) is 2. The van der Waals surface area contributed by atoms with E-state index < -0.39 is 17.5 Å². The zero-order valence-corrected chi connectivity index (χ0v) is 12.1. The van der Waals surface area contributed by atoms with E-state index in [4.69, 9.17) is 0 Å². The minimum absolute atomic E-state index is 0.0483. The van der Waals surface area contributed by atoms with Crippen LogP contribution in [0.25, 0.3) is 0 Å². The van der Waals surface area contributed by atoms with Crippen LogP contribution in [0.2, 0.25) is 0 Å². The molecule has 1 aliphatic rings. The van der Waals surface area contributed by atoms with Crippen LogP contribution in [0.3, 0.4) is 0 Å². The second kappa shape index (κ2) is 5.67. The maximum atomic E-state index is 12.8. The Balaban J connectivity index is 1.92. The highest BCUT2D eigenvalue weighted by molar-refractivity contribution is 5.82. The van der Waals surface area contributed by atoms with Crippen LogP contribution in [0.4, 0.5) is 13.2 Å². The van der Waals surface area contributed by atoms with Crippen molar-refractivity contribution in [3.05, 3.63) is 35.4 Å². The number of fused-ring (bicyclic) bond motifs is 1. The molecule has 0 aromatic heterocycles. The summed E-state index contributed by atoms with van der Waals surface area (Å²) in [6, 6.07) is 7.86. The van der Waals surface area contributed by atoms with Gasteiger partial charge in [0.25, 0.3) is 0 Å². The zero-order chi connectivity index (χ0) is 15.7. The Labute approximate surface area is 121 Å². The standard InChI is InChI=1S/C15H19F3N2O/c1-14(2,15(16,17)18)13(21)20-9-12-7-10-5-3-4-6-11(10)8-19-12/h3-6,12,19H,7-9H2,1-2H3,(H,20,21). The van der Waals surface area contributed by atoms with E-state index >= 15 is 0 Å². The summed E-state index contributed by atoms with van der Waals surface area (Å²) in [5.41, 5.74) is -0.0131. The Kier molecular flexibility index (Phi) is 4.27. The topological polar surface area (TPSA) is 41.1 Å². The fraction of sp³-hybridized carbons (Fsp3) is 0.533. The Morgan fingerprint density at radius 3 is 2.52 bits per heavy atom. The maximum absolute atomic E-state index is 12.8. The van der Waals surface area contributed by atoms with Crippen molar-refractivity contribution in [2.45, 2.75) is 39.0 Å². The van der Waals surface area contributed by atoms with Crippen molar-refractivity contribution in [1.82, 2.24) is 10.6 Å². The fourth-order valence-electron chi connectivity index (χ4n) is 2.23. The molecular weight excluding hydrogens is 281 g/mol. The lowest BCUT2D eigenvalue weighted by atomic mass is 9.91. The molecule has 2 N–H and O–H groups in total. The summed E-state index contributed by atoms with van der Waals surface area (Å²) in [4.78, 5) is 11.7. The first-order chi connectivity index (χ1) is 9.72. The van der Waals surface area contributed by atoms with Gasteiger partial charge in [0.15, 0.2) is 0 Å². The molecule has 1 amide bonds. The smallest absolute Gasteiger partial charge is 0.354 e. The summed E-state index contributed by atoms with van der Waals surface area (Å²) in [6.45, 7) is 2.64. The number of carbonyl (C=O) groups is 1. The first kappa shape index (κ1) is 15.8. The largest absolute Gasteiger partial charge is 0.402 e. The van der Waals surface area contributed by atoms with Crippen LogP contribution in [0.5, 0.6) is 0 Å². The third-order valence-corrected chi connectivity index (χ3v) is 3.95. The SMILES string of the molecule is CC(C)(C(=O)NCC1Cc2ccccc2CN1)C(F)(F)F. The third-order valence-electron chi connectivity index (χ3n) is 3.95. The van der Waals surface area contributed by atoms with Crippen LogP contribution < -0.4 is 10.6 Å². The number of carbonyl (C=O) groups excluding carboxylic acids is 1. The fourth-order valence-corrected chi connectivity index (χ4v) is 2.23. The molecule has 0 saturated carbocycles. The summed E-state index contributed by atoms with van der Waals surface area (Å²) in [6.07, 6.45) is -3.85. The van der Waals surface area contributed by atoms with Crippen LogP contribution in [-0.2, 0) is 17.8 Å². The van der Waals surface area contributed by atoms with Gasteiger partial charge in [-0.05, 0) is 31.4 Å². The van der Waals surface area contributed by atoms with Crippen LogP contribution >= 0.6 is 0 Å². The molecule has 1 atom stereocenters. The molecule has 2 rings (SSSR count). The molecular formula is C15H19F3N2O. The van der Waals surface area contributed by atoms with E-state index in [9.17, 15) is 18.0 Å². The molecule has 1 aromatic rings. The van der Waals surface area contributed by atoms with E-state index in [1.54, 1.807) is 0 Å². The number of hydrogen-bond donors (Lipinski definition) is 2. The molecule has 0 aliphatic carbocycles. The van der Waals surface area contributed by atoms with Gasteiger partial charge in [0.1, 0.15) is 5.41 Å². The van der Waals surface area contributed by atoms with Gasteiger partial charge in [-0.25, -0.2) is 0 Å². The average molecular weight is 300 g/mol. The minimum Gasteiger partial charge on any atom is -0.354 e. The molecule has 0 saturated heterocycles. The molecule has 6 heteroatoms. The number of rotatable bonds is 3. The van der Waals surface area contributed by atoms with Crippen LogP contribution in [-0.4, -0.2) is 24.7 Å². The number of halogens is 3. The van der Waals surface area contributed by atoms with Crippen molar-refractivity contribution in [1.29, 1.82) is 0 Å². The highest BCUT2D eigenvalue weighted by Gasteiger charge is 2.52. The van der Waals surface area contributed by atoms with Crippen molar-refractivity contribution >= 4 is 5.91 Å². The summed E-state index contributed by atoms with van der Waals surface area (Å²) in [5, 5.41) is 5.63. The van der Waals surface area contributed by atoms with Crippen LogP contribution in [0.15, 0.2) is 24.3 Å². The van der Waals surface area contributed by atoms with Gasteiger partial charge < -0.3 is 10.6 Å². The first-order valence-electron chi connectivity index (χ1n) is 6.87. The molecule has 1 aliphatic heterocycles. The van der Waals surface area contributed by atoms with Gasteiger partial charge in [0.2, 0.25) is 5.91 Å². The summed E-state index contributed by atoms with van der Waals surface area (Å²) >= 11 is 0. The van der Waals surface area contributed by atoms with Crippen molar-refractivity contribution < 1.29 is 18.0 Å². The quantitative estimate of drug-likeness (QED) is 0.900. The number of benzene rings is 1. The van der Waals surface area contributed by atoms with Crippen LogP contribution in [0, 0.1) is 5.41 Å². The number of amides is 1. The monoisotopic (exact) mass is 300 g/mol. The molecule has 3 nitrogen and oxygen atoms in total. The Bertz CT molecular complexity index is 526. The van der Waals surface area contributed by atoms with E-state index in [0.717, 1.165) is 13.8 Å². The average Bonchev–Trinajstić information content (AvgIpc) is 2.43. The van der Waals surface area contributed by atoms with Crippen molar-refractivity contribution in [3.8, 4) is 0 Å². The predicted octanol–water partition coefficient (Wildman–Crippen LogP) is 2.41. The highest BCUT2D eigenvalue weighted by Crippen LogP contribution is 2.37. The Morgan fingerprint density at radius 1 is 1.29 bits per heavy atom. The summed E-state index contributed by atoms with van der Waals surface area (Å²) in [5.74, 6) is -0.990. The Morgan fingerprint density at radius 2 is 1.90 bits per heavy atom. The second-order valence-corrected chi connectivity index (χ2v) is 5.88. The lowest BCUT2D eigenvalue weighted by molar-refractivity contribution is -0.211. The van der Waals surface area contributed by atoms with Gasteiger partial charge in [-0.3, -0.25) is 4.79 Å². The minimum atomic E-state index is -4.55. The number of alkyl halides is 3. The highest BCUT2D eigenvalue weighted by atomic mass is 19.4. The van der Waals surface area contributed by atoms with Crippen LogP contribution in [0.1, 0.15) is 25.0 Å². The van der Waals surface area contributed by atoms with E-state index in [0.29, 0.717) is 13.0 Å². The zero-order valence-electron chi connectivity index (χ0n) is 12.1. The van der Waals surface area contributed by atoms with Gasteiger partial charge in [-0.15, -0.1) is 0 Å². The lowest BCUT2D eigenvalue weighted by Crippen LogP contribution is -2.51. The normalized spacial score (nSPS) is 19.0. The molecule has 0 bridgehead atoms. The second-order valence-electron chi connectivity index (χ2n) is 5.88. The number of nitrogens with one attached hydrogen (secondary N) is 2. The van der Waals surface area contributed by atoms with E-state index in [1.165, 1.54) is 11.1 Å². The molecule has 0 radical (unpaired) electrons. The Hall–Kier alpha value is -1.56. The van der Waals surface area contributed by atoms with E-state index in [2.05, 4.69) is 10.6 Å². The first-order valence-corrected chi connectivity index (χ1v) is 6.87. The van der Waals surface area contributed by atoms with Gasteiger partial charge in [-0.2, -0.15) is 13.2 Å². The van der Waals surface area contributed by atoms with Gasteiger partial charge >= 0.3 is 6.18 Å². The van der Waals surface area contributed by atoms with Gasteiger partial charge in [0.05, 0.1) is 0 Å². The molecule has 1 aromatic carbocycles. The molecule has 1 unspecified atom stereocenters. The van der Waals surface area contributed by atoms with Crippen molar-refractivity contribution in [2.24, 2.45) is 5.41 Å². The summed E-state index contributed by atoms with van der Waals surface area (Å²) in [7, 11) is 0. The molecule has 116 valence electrons. The maximum Gasteiger partial charge on any atom is 0.402 e.